The second-order valence-electron chi connectivity index (χ2n) is 4.64. The fourth-order valence-electron chi connectivity index (χ4n) is 1.94. The Bertz CT molecular complexity index is 387. The van der Waals surface area contributed by atoms with E-state index in [0.29, 0.717) is 0 Å². The smallest absolute Gasteiger partial charge is 0.326 e. The molecule has 1 aliphatic heterocycles. The molecule has 8 heteroatoms. The van der Waals surface area contributed by atoms with Crippen LogP contribution in [0.25, 0.3) is 0 Å². The molecule has 0 aromatic heterocycles. The molecule has 1 fully saturated rings. The molecule has 0 spiro atoms. The minimum atomic E-state index is -1.16. The van der Waals surface area contributed by atoms with Gasteiger partial charge in [0.1, 0.15) is 12.1 Å². The fraction of sp³-hybridized carbons (Fsp3) is 0.727. The van der Waals surface area contributed by atoms with Crippen molar-refractivity contribution in [2.45, 2.75) is 43.7 Å². The Balaban J connectivity index is 2.70. The van der Waals surface area contributed by atoms with Crippen molar-refractivity contribution in [3.05, 3.63) is 0 Å². The van der Waals surface area contributed by atoms with Gasteiger partial charge in [0, 0.05) is 13.0 Å². The number of hydrogen-bond donors (Lipinski definition) is 4. The van der Waals surface area contributed by atoms with Gasteiger partial charge in [-0.2, -0.15) is 12.6 Å². The number of carboxylic acid groups (broad SMARTS) is 1. The Morgan fingerprint density at radius 3 is 2.42 bits per heavy atom. The van der Waals surface area contributed by atoms with Crippen LogP contribution < -0.4 is 5.32 Å². The van der Waals surface area contributed by atoms with E-state index in [9.17, 15) is 19.5 Å². The molecule has 3 N–H and O–H groups in total. The second-order valence-corrected chi connectivity index (χ2v) is 5.42. The average molecular weight is 290 g/mol. The number of carbonyl (C=O) groups excluding carboxylic acids is 2. The van der Waals surface area contributed by atoms with Gasteiger partial charge in [-0.1, -0.05) is 0 Å². The summed E-state index contributed by atoms with van der Waals surface area (Å²) >= 11 is 3.94. The molecule has 1 heterocycles. The summed E-state index contributed by atoms with van der Waals surface area (Å²) in [7, 11) is 0. The summed E-state index contributed by atoms with van der Waals surface area (Å²) in [6.45, 7) is 3.00. The zero-order valence-electron chi connectivity index (χ0n) is 10.7. The van der Waals surface area contributed by atoms with Crippen molar-refractivity contribution in [3.63, 3.8) is 0 Å². The Morgan fingerprint density at radius 1 is 1.37 bits per heavy atom. The first-order chi connectivity index (χ1) is 8.73. The van der Waals surface area contributed by atoms with E-state index in [4.69, 9.17) is 5.11 Å². The maximum atomic E-state index is 12.1. The normalized spacial score (nSPS) is 25.8. The highest BCUT2D eigenvalue weighted by Gasteiger charge is 2.40. The predicted molar refractivity (Wildman–Crippen MR) is 69.8 cm³/mol. The molecule has 0 radical (unpaired) electrons. The van der Waals surface area contributed by atoms with E-state index < -0.39 is 41.2 Å². The summed E-state index contributed by atoms with van der Waals surface area (Å²) in [4.78, 5) is 35.6. The van der Waals surface area contributed by atoms with Gasteiger partial charge in [0.25, 0.3) is 0 Å². The lowest BCUT2D eigenvalue weighted by Crippen LogP contribution is -2.51. The Kier molecular flexibility index (Phi) is 5.19. The van der Waals surface area contributed by atoms with Crippen LogP contribution >= 0.6 is 12.6 Å². The number of carboxylic acids is 1. The number of nitrogens with zero attached hydrogens (tertiary/aromatic N) is 1. The summed E-state index contributed by atoms with van der Waals surface area (Å²) in [5.74, 6) is -2.09. The minimum Gasteiger partial charge on any atom is -0.480 e. The van der Waals surface area contributed by atoms with Crippen LogP contribution in [0.3, 0.4) is 0 Å². The number of rotatable bonds is 4. The van der Waals surface area contributed by atoms with Gasteiger partial charge >= 0.3 is 5.97 Å². The number of β-amino-alcohol motifs (C(OH)–C–C–N with tert-alkyl or cyclic N) is 1. The fourth-order valence-corrected chi connectivity index (χ4v) is 2.01. The van der Waals surface area contributed by atoms with Crippen LogP contribution in [-0.2, 0) is 14.4 Å². The highest BCUT2D eigenvalue weighted by atomic mass is 32.1. The van der Waals surface area contributed by atoms with E-state index in [1.807, 2.05) is 0 Å². The Morgan fingerprint density at radius 2 is 1.95 bits per heavy atom. The number of amides is 2. The maximum absolute atomic E-state index is 12.1. The molecule has 2 amide bonds. The van der Waals surface area contributed by atoms with Gasteiger partial charge in [0.15, 0.2) is 0 Å². The highest BCUT2D eigenvalue weighted by molar-refractivity contribution is 7.81. The number of aliphatic hydroxyl groups excluding tert-OH is 1. The van der Waals surface area contributed by atoms with Gasteiger partial charge in [-0.3, -0.25) is 9.59 Å². The average Bonchev–Trinajstić information content (AvgIpc) is 2.70. The molecule has 108 valence electrons. The van der Waals surface area contributed by atoms with E-state index in [1.54, 1.807) is 6.92 Å². The largest absolute Gasteiger partial charge is 0.480 e. The van der Waals surface area contributed by atoms with Crippen LogP contribution in [0, 0.1) is 0 Å². The van der Waals surface area contributed by atoms with Crippen LogP contribution in [0.5, 0.6) is 0 Å². The maximum Gasteiger partial charge on any atom is 0.326 e. The number of carbonyl (C=O) groups is 3. The number of nitrogens with one attached hydrogen (secondary N) is 1. The van der Waals surface area contributed by atoms with E-state index in [2.05, 4.69) is 17.9 Å². The van der Waals surface area contributed by atoms with Gasteiger partial charge in [-0.25, -0.2) is 4.79 Å². The van der Waals surface area contributed by atoms with E-state index in [-0.39, 0.29) is 13.0 Å². The summed E-state index contributed by atoms with van der Waals surface area (Å²) in [5, 5.41) is 20.3. The molecule has 4 atom stereocenters. The topological polar surface area (TPSA) is 107 Å². The molecule has 0 saturated carbocycles. The third kappa shape index (κ3) is 3.84. The number of thiol groups is 1. The van der Waals surface area contributed by atoms with Crippen LogP contribution in [0.1, 0.15) is 20.3 Å². The third-order valence-electron chi connectivity index (χ3n) is 2.96. The monoisotopic (exact) mass is 290 g/mol. The van der Waals surface area contributed by atoms with Crippen molar-refractivity contribution < 1.29 is 24.6 Å². The number of hydrogen-bond acceptors (Lipinski definition) is 5. The number of likely N-dealkylation sites (tertiary alicyclic amines) is 1. The van der Waals surface area contributed by atoms with Gasteiger partial charge < -0.3 is 20.4 Å². The van der Waals surface area contributed by atoms with Gasteiger partial charge in [0.05, 0.1) is 11.4 Å². The van der Waals surface area contributed by atoms with Crippen LogP contribution in [0.15, 0.2) is 0 Å². The molecular weight excluding hydrogens is 272 g/mol. The first-order valence-corrected chi connectivity index (χ1v) is 6.45. The number of aliphatic carboxylic acids is 1. The van der Waals surface area contributed by atoms with Crippen LogP contribution in [-0.4, -0.2) is 62.9 Å². The van der Waals surface area contributed by atoms with Crippen molar-refractivity contribution in [1.29, 1.82) is 0 Å². The second kappa shape index (κ2) is 6.25. The van der Waals surface area contributed by atoms with Crippen molar-refractivity contribution in [3.8, 4) is 0 Å². The molecular formula is C11H18N2O5S. The predicted octanol–water partition coefficient (Wildman–Crippen LogP) is -1.14. The summed E-state index contributed by atoms with van der Waals surface area (Å²) in [6, 6.07) is -1.90. The van der Waals surface area contributed by atoms with Gasteiger partial charge in [-0.15, -0.1) is 0 Å². The van der Waals surface area contributed by atoms with E-state index in [1.165, 1.54) is 6.92 Å². The molecule has 19 heavy (non-hydrogen) atoms. The standard InChI is InChI=1S/C11H18N2O5S/c1-5(12-9(15)6(2)19)10(16)13-4-7(14)3-8(13)11(17)18/h5-8,14,19H,3-4H2,1-2H3,(H,12,15)(H,17,18)/t5-,6?,7?,8-/m0/s1. The van der Waals surface area contributed by atoms with Gasteiger partial charge in [0.2, 0.25) is 11.8 Å². The minimum absolute atomic E-state index is 0.00467. The highest BCUT2D eigenvalue weighted by Crippen LogP contribution is 2.19. The van der Waals surface area contributed by atoms with Crippen molar-refractivity contribution in [1.82, 2.24) is 10.2 Å². The van der Waals surface area contributed by atoms with Crippen molar-refractivity contribution in [2.75, 3.05) is 6.54 Å². The van der Waals surface area contributed by atoms with E-state index in [0.717, 1.165) is 4.90 Å². The third-order valence-corrected chi connectivity index (χ3v) is 3.19. The molecule has 2 unspecified atom stereocenters. The van der Waals surface area contributed by atoms with Crippen LogP contribution in [0.2, 0.25) is 0 Å². The quantitative estimate of drug-likeness (QED) is 0.489. The molecule has 1 rings (SSSR count). The molecule has 0 aromatic carbocycles. The molecule has 1 aliphatic rings. The Labute approximate surface area is 116 Å². The molecule has 0 aliphatic carbocycles. The molecule has 7 nitrogen and oxygen atoms in total. The SMILES string of the molecule is CC(S)C(=O)N[C@@H](C)C(=O)N1CC(O)C[C@H]1C(=O)O. The van der Waals surface area contributed by atoms with Crippen molar-refractivity contribution >= 4 is 30.4 Å². The number of aliphatic hydroxyl groups is 1. The first kappa shape index (κ1) is 15.8. The molecule has 1 saturated heterocycles. The molecule has 0 bridgehead atoms. The summed E-state index contributed by atoms with van der Waals surface area (Å²) in [6.07, 6.45) is -0.846. The molecule has 0 aromatic rings. The zero-order chi connectivity index (χ0) is 14.7. The Hall–Kier alpha value is -1.28. The van der Waals surface area contributed by atoms with Gasteiger partial charge in [-0.05, 0) is 13.8 Å². The zero-order valence-corrected chi connectivity index (χ0v) is 11.6. The lowest BCUT2D eigenvalue weighted by atomic mass is 10.2. The summed E-state index contributed by atoms with van der Waals surface area (Å²) < 4.78 is 0. The first-order valence-electron chi connectivity index (χ1n) is 5.93. The van der Waals surface area contributed by atoms with Crippen LogP contribution in [0.4, 0.5) is 0 Å². The summed E-state index contributed by atoms with van der Waals surface area (Å²) in [5.41, 5.74) is 0. The van der Waals surface area contributed by atoms with Crippen molar-refractivity contribution in [2.24, 2.45) is 0 Å². The lowest BCUT2D eigenvalue weighted by molar-refractivity contribution is -0.149. The lowest BCUT2D eigenvalue weighted by Gasteiger charge is -2.25. The van der Waals surface area contributed by atoms with E-state index >= 15 is 0 Å².